The molecule has 8 heteroatoms. The van der Waals surface area contributed by atoms with E-state index in [4.69, 9.17) is 14.5 Å². The first-order chi connectivity index (χ1) is 14.2. The maximum Gasteiger partial charge on any atom is 0.258 e. The van der Waals surface area contributed by atoms with Crippen LogP contribution in [0.2, 0.25) is 0 Å². The Morgan fingerprint density at radius 1 is 1.21 bits per heavy atom. The van der Waals surface area contributed by atoms with E-state index >= 15 is 0 Å². The number of ether oxygens (including phenoxy) is 1. The number of methoxy groups -OCH3 is 1. The molecule has 4 rings (SSSR count). The number of aromatic nitrogens is 2. The van der Waals surface area contributed by atoms with E-state index in [1.807, 2.05) is 31.2 Å². The summed E-state index contributed by atoms with van der Waals surface area (Å²) in [6.07, 6.45) is 3.41. The van der Waals surface area contributed by atoms with Crippen LogP contribution in [0.3, 0.4) is 0 Å². The van der Waals surface area contributed by atoms with Crippen molar-refractivity contribution >= 4 is 44.1 Å². The van der Waals surface area contributed by atoms with Gasteiger partial charge in [0, 0.05) is 34.8 Å². The number of benzene rings is 1. The molecule has 4 aromatic rings. The van der Waals surface area contributed by atoms with Crippen molar-refractivity contribution in [3.63, 3.8) is 0 Å². The van der Waals surface area contributed by atoms with Crippen LogP contribution in [-0.2, 0) is 16.4 Å². The van der Waals surface area contributed by atoms with E-state index in [1.54, 1.807) is 30.9 Å². The predicted molar refractivity (Wildman–Crippen MR) is 112 cm³/mol. The van der Waals surface area contributed by atoms with E-state index in [-0.39, 0.29) is 5.91 Å². The summed E-state index contributed by atoms with van der Waals surface area (Å²) in [5.74, 6) is 0.302. The molecule has 1 N–H and O–H groups in total. The Kier molecular flexibility index (Phi) is 5.66. The monoisotopic (exact) mass is 409 g/mol. The topological polar surface area (TPSA) is 82.6 Å². The van der Waals surface area contributed by atoms with Gasteiger partial charge in [0.05, 0.1) is 40.7 Å². The summed E-state index contributed by atoms with van der Waals surface area (Å²) >= 11 is 1.46. The van der Waals surface area contributed by atoms with E-state index < -0.39 is 0 Å². The molecular weight excluding hydrogens is 390 g/mol. The van der Waals surface area contributed by atoms with Gasteiger partial charge in [0.25, 0.3) is 5.91 Å². The van der Waals surface area contributed by atoms with Crippen LogP contribution in [0.1, 0.15) is 22.8 Å². The predicted octanol–water partition coefficient (Wildman–Crippen LogP) is 4.57. The lowest BCUT2D eigenvalue weighted by Gasteiger charge is -2.11. The fourth-order valence-corrected chi connectivity index (χ4v) is 3.90. The third-order valence-corrected chi connectivity index (χ3v) is 5.23. The first kappa shape index (κ1) is 19.3. The van der Waals surface area contributed by atoms with Crippen molar-refractivity contribution in [2.24, 2.45) is 0 Å². The van der Waals surface area contributed by atoms with Crippen molar-refractivity contribution in [3.8, 4) is 5.75 Å². The Morgan fingerprint density at radius 3 is 2.93 bits per heavy atom. The zero-order valence-corrected chi connectivity index (χ0v) is 16.8. The number of hydrogen-bond donors (Lipinski definition) is 1. The Hall–Kier alpha value is -3.07. The largest absolute Gasteiger partial charge is 0.494 e. The average molecular weight is 409 g/mol. The Balaban J connectivity index is 1.60. The van der Waals surface area contributed by atoms with Gasteiger partial charge in [-0.2, -0.15) is 0 Å². The minimum absolute atomic E-state index is 0.247. The number of thiophene rings is 1. The zero-order valence-electron chi connectivity index (χ0n) is 16.0. The molecule has 0 unspecified atom stereocenters. The molecule has 0 radical (unpaired) electrons. The van der Waals surface area contributed by atoms with Crippen molar-refractivity contribution in [2.75, 3.05) is 19.0 Å². The van der Waals surface area contributed by atoms with Crippen LogP contribution in [0.25, 0.3) is 21.1 Å². The highest BCUT2D eigenvalue weighted by atomic mass is 32.1. The van der Waals surface area contributed by atoms with Crippen molar-refractivity contribution in [2.45, 2.75) is 13.5 Å². The molecule has 0 bridgehead atoms. The lowest BCUT2D eigenvalue weighted by molar-refractivity contribution is -0.300. The third-order valence-electron chi connectivity index (χ3n) is 4.31. The second-order valence-corrected chi connectivity index (χ2v) is 7.12. The standard InChI is InChI=1S/C21H19N3O4S/c1-3-27-28-11-13-7-19-20(23-10-13)15(12-29-19)21(25)24-17-8-14-5-4-6-22-16(14)9-18(17)26-2/h4-10,12H,3,11H2,1-2H3,(H,24,25). The smallest absolute Gasteiger partial charge is 0.258 e. The van der Waals surface area contributed by atoms with Crippen LogP contribution in [-0.4, -0.2) is 29.6 Å². The molecule has 0 aliphatic heterocycles. The summed E-state index contributed by atoms with van der Waals surface area (Å²) in [6, 6.07) is 9.39. The van der Waals surface area contributed by atoms with Gasteiger partial charge in [-0.25, -0.2) is 9.78 Å². The van der Waals surface area contributed by atoms with Crippen LogP contribution in [0.5, 0.6) is 5.75 Å². The molecule has 0 spiro atoms. The van der Waals surface area contributed by atoms with Crippen LogP contribution >= 0.6 is 11.3 Å². The van der Waals surface area contributed by atoms with Crippen LogP contribution < -0.4 is 10.1 Å². The molecule has 0 saturated heterocycles. The van der Waals surface area contributed by atoms with Gasteiger partial charge in [0.2, 0.25) is 0 Å². The first-order valence-electron chi connectivity index (χ1n) is 9.04. The number of nitrogens with zero attached hydrogens (tertiary/aromatic N) is 2. The molecule has 3 heterocycles. The van der Waals surface area contributed by atoms with Crippen molar-refractivity contribution in [1.29, 1.82) is 0 Å². The SMILES string of the molecule is CCOOCc1cnc2c(C(=O)Nc3cc4cccnc4cc3OC)csc2c1. The minimum Gasteiger partial charge on any atom is -0.494 e. The normalized spacial score (nSPS) is 11.1. The molecule has 0 saturated carbocycles. The van der Waals surface area contributed by atoms with Crippen LogP contribution in [0.15, 0.2) is 48.1 Å². The zero-order chi connectivity index (χ0) is 20.2. The lowest BCUT2D eigenvalue weighted by atomic mass is 10.1. The van der Waals surface area contributed by atoms with Gasteiger partial charge in [-0.05, 0) is 25.1 Å². The number of pyridine rings is 2. The summed E-state index contributed by atoms with van der Waals surface area (Å²) in [5.41, 5.74) is 3.42. The highest BCUT2D eigenvalue weighted by Gasteiger charge is 2.16. The molecule has 0 atom stereocenters. The molecular formula is C21H19N3O4S. The van der Waals surface area contributed by atoms with Gasteiger partial charge in [-0.15, -0.1) is 11.3 Å². The Labute approximate surface area is 171 Å². The van der Waals surface area contributed by atoms with E-state index in [2.05, 4.69) is 15.3 Å². The number of anilines is 1. The van der Waals surface area contributed by atoms with Gasteiger partial charge in [-0.3, -0.25) is 14.8 Å². The summed E-state index contributed by atoms with van der Waals surface area (Å²) < 4.78 is 6.33. The van der Waals surface area contributed by atoms with Crippen molar-refractivity contribution in [3.05, 3.63) is 59.2 Å². The Morgan fingerprint density at radius 2 is 2.10 bits per heavy atom. The van der Waals surface area contributed by atoms with Crippen LogP contribution in [0.4, 0.5) is 5.69 Å². The number of rotatable bonds is 7. The number of carbonyl (C=O) groups excluding carboxylic acids is 1. The summed E-state index contributed by atoms with van der Waals surface area (Å²) in [6.45, 7) is 2.64. The van der Waals surface area contributed by atoms with Gasteiger partial charge < -0.3 is 10.1 Å². The molecule has 0 aliphatic carbocycles. The van der Waals surface area contributed by atoms with E-state index in [0.29, 0.717) is 35.7 Å². The van der Waals surface area contributed by atoms with E-state index in [1.165, 1.54) is 11.3 Å². The minimum atomic E-state index is -0.247. The summed E-state index contributed by atoms with van der Waals surface area (Å²) in [4.78, 5) is 31.7. The molecule has 0 fully saturated rings. The molecule has 29 heavy (non-hydrogen) atoms. The Bertz CT molecular complexity index is 1180. The molecule has 1 amide bonds. The third kappa shape index (κ3) is 4.04. The second kappa shape index (κ2) is 8.52. The number of nitrogens with one attached hydrogen (secondary N) is 1. The highest BCUT2D eigenvalue weighted by molar-refractivity contribution is 7.17. The highest BCUT2D eigenvalue weighted by Crippen LogP contribution is 2.31. The molecule has 0 aliphatic rings. The maximum atomic E-state index is 12.9. The second-order valence-electron chi connectivity index (χ2n) is 6.21. The van der Waals surface area contributed by atoms with Crippen molar-refractivity contribution in [1.82, 2.24) is 9.97 Å². The van der Waals surface area contributed by atoms with Crippen molar-refractivity contribution < 1.29 is 19.3 Å². The molecule has 148 valence electrons. The number of carbonyl (C=O) groups is 1. The van der Waals surface area contributed by atoms with E-state index in [9.17, 15) is 4.79 Å². The van der Waals surface area contributed by atoms with Gasteiger partial charge >= 0.3 is 0 Å². The first-order valence-corrected chi connectivity index (χ1v) is 9.92. The van der Waals surface area contributed by atoms with Gasteiger partial charge in [0.1, 0.15) is 12.4 Å². The van der Waals surface area contributed by atoms with Gasteiger partial charge in [0.15, 0.2) is 0 Å². The number of fused-ring (bicyclic) bond motifs is 2. The summed E-state index contributed by atoms with van der Waals surface area (Å²) in [5, 5.41) is 5.65. The maximum absolute atomic E-state index is 12.9. The summed E-state index contributed by atoms with van der Waals surface area (Å²) in [7, 11) is 1.56. The van der Waals surface area contributed by atoms with Gasteiger partial charge in [-0.1, -0.05) is 6.07 Å². The molecule has 3 aromatic heterocycles. The number of hydrogen-bond acceptors (Lipinski definition) is 7. The lowest BCUT2D eigenvalue weighted by Crippen LogP contribution is -2.12. The number of amides is 1. The van der Waals surface area contributed by atoms with Crippen LogP contribution in [0, 0.1) is 0 Å². The quantitative estimate of drug-likeness (QED) is 0.273. The average Bonchev–Trinajstić information content (AvgIpc) is 3.17. The fraction of sp³-hybridized carbons (Fsp3) is 0.190. The molecule has 7 nitrogen and oxygen atoms in total. The van der Waals surface area contributed by atoms with E-state index in [0.717, 1.165) is 21.2 Å². The fourth-order valence-electron chi connectivity index (χ4n) is 2.95. The molecule has 1 aromatic carbocycles.